The average molecular weight is 248 g/mol. The minimum absolute atomic E-state index is 0.629. The number of hydrogen-bond donors (Lipinski definition) is 5. The second kappa shape index (κ2) is 5.35. The van der Waals surface area contributed by atoms with Gasteiger partial charge in [0.05, 0.1) is 0 Å². The van der Waals surface area contributed by atoms with Crippen molar-refractivity contribution in [2.75, 3.05) is 0 Å². The number of halogens is 3. The largest absolute Gasteiger partial charge is 0.506 e. The molecule has 88 valence electrons. The summed E-state index contributed by atoms with van der Waals surface area (Å²) < 4.78 is 55.7. The standard InChI is InChI=1S/C3H7F3N6O2S/c4-3(5,6)9-1(7)10-11-2(8)12-15(13)14/h(H,13,14)(H3,7,9,10)(H3,8,11,12). The molecule has 7 N–H and O–H groups in total. The molecule has 0 aliphatic rings. The monoisotopic (exact) mass is 248 g/mol. The summed E-state index contributed by atoms with van der Waals surface area (Å²) in [5.41, 5.74) is 13.2. The van der Waals surface area contributed by atoms with Gasteiger partial charge in [-0.3, -0.25) is 15.4 Å². The summed E-state index contributed by atoms with van der Waals surface area (Å²) in [5.74, 6) is -1.65. The molecular formula is C3H7F3N6O2S. The van der Waals surface area contributed by atoms with E-state index in [1.165, 1.54) is 0 Å². The molecule has 0 aliphatic heterocycles. The number of nitrogens with zero attached hydrogens (tertiary/aromatic N) is 2. The van der Waals surface area contributed by atoms with Gasteiger partial charge in [-0.1, -0.05) is 0 Å². The number of guanidine groups is 2. The van der Waals surface area contributed by atoms with Gasteiger partial charge in [0.2, 0.25) is 11.9 Å². The van der Waals surface area contributed by atoms with Crippen LogP contribution >= 0.6 is 0 Å². The van der Waals surface area contributed by atoms with E-state index in [2.05, 4.69) is 4.40 Å². The summed E-state index contributed by atoms with van der Waals surface area (Å²) in [6.07, 6.45) is -4.83. The highest BCUT2D eigenvalue weighted by molar-refractivity contribution is 7.78. The van der Waals surface area contributed by atoms with Gasteiger partial charge in [-0.2, -0.15) is 0 Å². The van der Waals surface area contributed by atoms with Gasteiger partial charge in [-0.15, -0.1) is 22.6 Å². The quantitative estimate of drug-likeness (QED) is 0.124. The molecule has 0 aromatic rings. The molecule has 0 fully saturated rings. The van der Waals surface area contributed by atoms with E-state index in [1.807, 2.05) is 4.99 Å². The van der Waals surface area contributed by atoms with Crippen molar-refractivity contribution < 1.29 is 21.9 Å². The molecule has 1 atom stereocenters. The highest BCUT2D eigenvalue weighted by Gasteiger charge is 2.26. The number of hydrogen-bond acceptors (Lipinski definition) is 2. The van der Waals surface area contributed by atoms with E-state index in [-0.39, 0.29) is 0 Å². The van der Waals surface area contributed by atoms with Crippen LogP contribution in [0.25, 0.3) is 0 Å². The van der Waals surface area contributed by atoms with Crippen molar-refractivity contribution in [1.29, 1.82) is 0 Å². The molecule has 0 rings (SSSR count). The Bertz CT molecular complexity index is 300. The van der Waals surface area contributed by atoms with Crippen LogP contribution in [-0.4, -0.2) is 27.0 Å². The lowest BCUT2D eigenvalue weighted by atomic mass is 10.9. The first-order valence-electron chi connectivity index (χ1n) is 3.10. The average Bonchev–Trinajstić information content (AvgIpc) is 1.96. The van der Waals surface area contributed by atoms with E-state index in [0.29, 0.717) is 0 Å². The van der Waals surface area contributed by atoms with Crippen molar-refractivity contribution in [2.24, 2.45) is 20.9 Å². The molecule has 0 bridgehead atoms. The summed E-state index contributed by atoms with van der Waals surface area (Å²) in [6.45, 7) is 0. The topological polar surface area (TPSA) is 138 Å². The second-order valence-corrected chi connectivity index (χ2v) is 2.57. The molecule has 1 unspecified atom stereocenters. The van der Waals surface area contributed by atoms with Crippen molar-refractivity contribution in [3.05, 3.63) is 0 Å². The van der Waals surface area contributed by atoms with Gasteiger partial charge < -0.3 is 11.5 Å². The zero-order valence-electron chi connectivity index (χ0n) is 6.95. The molecule has 8 nitrogen and oxygen atoms in total. The van der Waals surface area contributed by atoms with Gasteiger partial charge in [0.25, 0.3) is 11.3 Å². The lowest BCUT2D eigenvalue weighted by molar-refractivity contribution is -0.119. The van der Waals surface area contributed by atoms with E-state index in [0.717, 1.165) is 0 Å². The van der Waals surface area contributed by atoms with Crippen molar-refractivity contribution >= 4 is 23.2 Å². The first-order chi connectivity index (χ1) is 6.70. The molecule has 0 saturated heterocycles. The van der Waals surface area contributed by atoms with Crippen molar-refractivity contribution in [3.63, 3.8) is 0 Å². The summed E-state index contributed by atoms with van der Waals surface area (Å²) >= 11 is -2.57. The van der Waals surface area contributed by atoms with Crippen LogP contribution in [0.3, 0.4) is 0 Å². The first-order valence-corrected chi connectivity index (χ1v) is 4.16. The van der Waals surface area contributed by atoms with Crippen LogP contribution in [0.1, 0.15) is 0 Å². The van der Waals surface area contributed by atoms with Gasteiger partial charge >= 0.3 is 6.30 Å². The Morgan fingerprint density at radius 3 is 2.13 bits per heavy atom. The van der Waals surface area contributed by atoms with Gasteiger partial charge in [0.1, 0.15) is 0 Å². The van der Waals surface area contributed by atoms with Crippen LogP contribution in [0.2, 0.25) is 0 Å². The predicted molar refractivity (Wildman–Crippen MR) is 46.3 cm³/mol. The van der Waals surface area contributed by atoms with Crippen molar-refractivity contribution in [1.82, 2.24) is 10.9 Å². The number of hydrazine groups is 1. The highest BCUT2D eigenvalue weighted by Crippen LogP contribution is 2.14. The maximum atomic E-state index is 11.6. The molecule has 0 radical (unpaired) electrons. The minimum atomic E-state index is -4.83. The zero-order chi connectivity index (χ0) is 12.1. The molecule has 15 heavy (non-hydrogen) atoms. The second-order valence-electron chi connectivity index (χ2n) is 1.92. The Hall–Kier alpha value is -1.56. The Balaban J connectivity index is 4.18. The highest BCUT2D eigenvalue weighted by atomic mass is 32.2. The predicted octanol–water partition coefficient (Wildman–Crippen LogP) is -1.63. The summed E-state index contributed by atoms with van der Waals surface area (Å²) in [4.78, 5) is 2.03. The fourth-order valence-corrected chi connectivity index (χ4v) is 0.613. The van der Waals surface area contributed by atoms with E-state index < -0.39 is 29.5 Å². The molecule has 0 aliphatic carbocycles. The number of aliphatic imine (C=N–C) groups is 1. The number of nitrogens with one attached hydrogen (secondary N) is 2. The van der Waals surface area contributed by atoms with Gasteiger partial charge in [-0.05, 0) is 0 Å². The van der Waals surface area contributed by atoms with Gasteiger partial charge in [0, 0.05) is 0 Å². The molecule has 0 heterocycles. The normalized spacial score (nSPS) is 16.0. The van der Waals surface area contributed by atoms with Crippen LogP contribution < -0.4 is 22.3 Å². The zero-order valence-corrected chi connectivity index (χ0v) is 7.76. The fraction of sp³-hybridized carbons (Fsp3) is 0.333. The minimum Gasteiger partial charge on any atom is -0.368 e. The van der Waals surface area contributed by atoms with Crippen LogP contribution in [0.4, 0.5) is 13.2 Å². The summed E-state index contributed by atoms with van der Waals surface area (Å²) in [7, 11) is 0. The van der Waals surface area contributed by atoms with Crippen LogP contribution in [0, 0.1) is 0 Å². The maximum absolute atomic E-state index is 11.6. The number of nitrogens with two attached hydrogens (primary N) is 2. The molecule has 0 spiro atoms. The van der Waals surface area contributed by atoms with Crippen molar-refractivity contribution in [2.45, 2.75) is 6.30 Å². The van der Waals surface area contributed by atoms with E-state index in [4.69, 9.17) is 16.0 Å². The molecule has 0 aromatic carbocycles. The SMILES string of the molecule is NC(=NS(=O)O)NNC(N)=NC(F)(F)F. The Morgan fingerprint density at radius 2 is 1.73 bits per heavy atom. The Labute approximate surface area is 84.0 Å². The lowest BCUT2D eigenvalue weighted by Crippen LogP contribution is -2.49. The Kier molecular flexibility index (Phi) is 4.80. The lowest BCUT2D eigenvalue weighted by Gasteiger charge is -2.07. The number of alkyl halides is 3. The molecule has 12 heteroatoms. The van der Waals surface area contributed by atoms with E-state index >= 15 is 0 Å². The molecule has 0 saturated carbocycles. The maximum Gasteiger partial charge on any atom is 0.506 e. The summed E-state index contributed by atoms with van der Waals surface area (Å²) in [5, 5.41) is 0. The van der Waals surface area contributed by atoms with Crippen LogP contribution in [0.5, 0.6) is 0 Å². The van der Waals surface area contributed by atoms with Crippen molar-refractivity contribution in [3.8, 4) is 0 Å². The van der Waals surface area contributed by atoms with Crippen LogP contribution in [0.15, 0.2) is 9.39 Å². The van der Waals surface area contributed by atoms with Crippen LogP contribution in [-0.2, 0) is 11.3 Å². The van der Waals surface area contributed by atoms with Gasteiger partial charge in [0.15, 0.2) is 0 Å². The molecular weight excluding hydrogens is 241 g/mol. The number of rotatable bonds is 1. The molecule has 0 aromatic heterocycles. The van der Waals surface area contributed by atoms with E-state index in [9.17, 15) is 17.4 Å². The summed E-state index contributed by atoms with van der Waals surface area (Å²) in [6, 6.07) is 0. The third-order valence-corrected chi connectivity index (χ3v) is 1.10. The molecule has 0 amide bonds. The third kappa shape index (κ3) is 8.76. The Morgan fingerprint density at radius 1 is 1.27 bits per heavy atom. The van der Waals surface area contributed by atoms with Gasteiger partial charge in [-0.25, -0.2) is 4.21 Å². The van der Waals surface area contributed by atoms with E-state index in [1.54, 1.807) is 10.9 Å². The smallest absolute Gasteiger partial charge is 0.368 e. The first kappa shape index (κ1) is 13.4. The third-order valence-electron chi connectivity index (χ3n) is 0.742. The fourth-order valence-electron chi connectivity index (χ4n) is 0.400.